The van der Waals surface area contributed by atoms with Gasteiger partial charge < -0.3 is 20.4 Å². The largest absolute Gasteiger partial charge is 0.465 e. The van der Waals surface area contributed by atoms with Crippen LogP contribution >= 0.6 is 11.3 Å². The molecule has 3 aromatic heterocycles. The van der Waals surface area contributed by atoms with Crippen LogP contribution in [0.5, 0.6) is 0 Å². The number of rotatable bonds is 8. The fourth-order valence-corrected chi connectivity index (χ4v) is 3.09. The zero-order chi connectivity index (χ0) is 19.9. The van der Waals surface area contributed by atoms with Crippen LogP contribution in [0.4, 0.5) is 5.95 Å². The number of carbonyl (C=O) groups is 1. The highest BCUT2D eigenvalue weighted by atomic mass is 32.1. The van der Waals surface area contributed by atoms with E-state index in [2.05, 4.69) is 25.3 Å². The quantitative estimate of drug-likeness (QED) is 0.439. The van der Waals surface area contributed by atoms with Crippen molar-refractivity contribution < 1.29 is 9.53 Å². The summed E-state index contributed by atoms with van der Waals surface area (Å²) in [5, 5.41) is 6.99. The Bertz CT molecular complexity index is 1020. The molecule has 28 heavy (non-hydrogen) atoms. The Balaban J connectivity index is 1.73. The number of allylic oxidation sites excluding steroid dienone is 1. The summed E-state index contributed by atoms with van der Waals surface area (Å²) in [6, 6.07) is 1.96. The van der Waals surface area contributed by atoms with Crippen LogP contribution in [0.15, 0.2) is 40.7 Å². The normalized spacial score (nSPS) is 12.0. The second-order valence-electron chi connectivity index (χ2n) is 5.80. The van der Waals surface area contributed by atoms with Gasteiger partial charge in [0.2, 0.25) is 5.95 Å². The van der Waals surface area contributed by atoms with Gasteiger partial charge in [0.15, 0.2) is 0 Å². The first-order valence-corrected chi connectivity index (χ1v) is 9.54. The van der Waals surface area contributed by atoms with Crippen LogP contribution in [-0.2, 0) is 16.1 Å². The number of thiazole rings is 1. The molecule has 10 heteroatoms. The van der Waals surface area contributed by atoms with Crippen LogP contribution in [0.1, 0.15) is 17.6 Å². The van der Waals surface area contributed by atoms with E-state index in [1.54, 1.807) is 24.5 Å². The van der Waals surface area contributed by atoms with Crippen LogP contribution in [0.3, 0.4) is 0 Å². The summed E-state index contributed by atoms with van der Waals surface area (Å²) < 4.78 is 6.83. The number of nitrogens with two attached hydrogens (primary N) is 1. The molecule has 3 heterocycles. The number of nitrogens with one attached hydrogen (secondary N) is 1. The van der Waals surface area contributed by atoms with Gasteiger partial charge >= 0.3 is 5.97 Å². The maximum absolute atomic E-state index is 11.3. The predicted molar refractivity (Wildman–Crippen MR) is 109 cm³/mol. The van der Waals surface area contributed by atoms with Gasteiger partial charge in [0, 0.05) is 35.6 Å². The number of aryl methyl sites for hydroxylation is 1. The summed E-state index contributed by atoms with van der Waals surface area (Å²) in [6.45, 7) is 4.59. The maximum Gasteiger partial charge on any atom is 0.327 e. The summed E-state index contributed by atoms with van der Waals surface area (Å²) in [5.74, 6) is -0.0240. The van der Waals surface area contributed by atoms with Crippen LogP contribution in [-0.4, -0.2) is 44.9 Å². The smallest absolute Gasteiger partial charge is 0.327 e. The lowest BCUT2D eigenvalue weighted by atomic mass is 10.4. The van der Waals surface area contributed by atoms with Crippen LogP contribution < -0.4 is 11.1 Å². The molecule has 0 bridgehead atoms. The second-order valence-corrected chi connectivity index (χ2v) is 6.86. The highest BCUT2D eigenvalue weighted by Gasteiger charge is 2.08. The monoisotopic (exact) mass is 399 g/mol. The minimum Gasteiger partial charge on any atom is -0.465 e. The van der Waals surface area contributed by atoms with Gasteiger partial charge in [-0.1, -0.05) is 0 Å². The zero-order valence-electron chi connectivity index (χ0n) is 15.6. The summed E-state index contributed by atoms with van der Waals surface area (Å²) in [5.41, 5.74) is 7.86. The molecule has 0 spiro atoms. The number of hydrogen-bond donors (Lipinski definition) is 2. The molecule has 9 nitrogen and oxygen atoms in total. The average molecular weight is 399 g/mol. The van der Waals surface area contributed by atoms with E-state index in [-0.39, 0.29) is 6.54 Å². The third-order valence-corrected chi connectivity index (χ3v) is 4.52. The maximum atomic E-state index is 11.3. The molecule has 0 amide bonds. The van der Waals surface area contributed by atoms with Crippen molar-refractivity contribution in [1.82, 2.24) is 19.5 Å². The first kappa shape index (κ1) is 19.5. The molecule has 0 aliphatic heterocycles. The van der Waals surface area contributed by atoms with Gasteiger partial charge in [0.25, 0.3) is 0 Å². The molecule has 0 saturated heterocycles. The van der Waals surface area contributed by atoms with E-state index in [0.29, 0.717) is 24.8 Å². The van der Waals surface area contributed by atoms with E-state index < -0.39 is 5.97 Å². The molecule has 3 aromatic rings. The van der Waals surface area contributed by atoms with Crippen molar-refractivity contribution in [3.05, 3.63) is 46.4 Å². The molecular weight excluding hydrogens is 378 g/mol. The minimum absolute atomic E-state index is 0.0807. The fraction of sp³-hybridized carbons (Fsp3) is 0.278. The number of hydrogen-bond acceptors (Lipinski definition) is 9. The van der Waals surface area contributed by atoms with Crippen molar-refractivity contribution in [3.8, 4) is 0 Å². The van der Waals surface area contributed by atoms with E-state index in [0.717, 1.165) is 21.7 Å². The molecule has 0 atom stereocenters. The number of carbonyl (C=O) groups excluding carboxylic acids is 1. The van der Waals surface area contributed by atoms with Crippen LogP contribution in [0.2, 0.25) is 0 Å². The SMILES string of the molecule is CCOC(=O)CN=CC(=CN)Nc1ncc2ccn(Cc3csc(C)n3)c2n1. The Morgan fingerprint density at radius 2 is 2.32 bits per heavy atom. The van der Waals surface area contributed by atoms with Crippen molar-refractivity contribution in [3.63, 3.8) is 0 Å². The lowest BCUT2D eigenvalue weighted by Gasteiger charge is -2.06. The molecule has 0 aromatic carbocycles. The highest BCUT2D eigenvalue weighted by molar-refractivity contribution is 7.09. The van der Waals surface area contributed by atoms with E-state index in [1.807, 2.05) is 29.1 Å². The molecule has 0 radical (unpaired) electrons. The minimum atomic E-state index is -0.400. The molecule has 3 N–H and O–H groups in total. The first-order valence-electron chi connectivity index (χ1n) is 8.66. The van der Waals surface area contributed by atoms with Crippen LogP contribution in [0.25, 0.3) is 11.0 Å². The van der Waals surface area contributed by atoms with Crippen LogP contribution in [0, 0.1) is 6.92 Å². The molecule has 0 saturated carbocycles. The summed E-state index contributed by atoms with van der Waals surface area (Å²) in [6.07, 6.45) is 6.47. The lowest BCUT2D eigenvalue weighted by Crippen LogP contribution is -2.10. The molecule has 0 unspecified atom stereocenters. The van der Waals surface area contributed by atoms with Gasteiger partial charge in [-0.2, -0.15) is 4.98 Å². The van der Waals surface area contributed by atoms with Gasteiger partial charge in [0.05, 0.1) is 29.6 Å². The van der Waals surface area contributed by atoms with Gasteiger partial charge in [-0.3, -0.25) is 9.79 Å². The standard InChI is InChI=1S/C18H21N7O2S/c1-3-27-16(26)9-20-8-14(6-19)23-18-21-7-13-4-5-25(17(13)24-18)10-15-11-28-12(2)22-15/h4-8,11H,3,9-10,19H2,1-2H3,(H,21,23,24). The van der Waals surface area contributed by atoms with E-state index in [1.165, 1.54) is 12.4 Å². The van der Waals surface area contributed by atoms with E-state index >= 15 is 0 Å². The van der Waals surface area contributed by atoms with E-state index in [9.17, 15) is 4.79 Å². The second kappa shape index (κ2) is 9.09. The van der Waals surface area contributed by atoms with Gasteiger partial charge in [-0.25, -0.2) is 9.97 Å². The van der Waals surface area contributed by atoms with Crippen molar-refractivity contribution in [2.45, 2.75) is 20.4 Å². The third-order valence-electron chi connectivity index (χ3n) is 3.69. The first-order chi connectivity index (χ1) is 13.6. The average Bonchev–Trinajstić information content (AvgIpc) is 3.27. The number of aromatic nitrogens is 4. The summed E-state index contributed by atoms with van der Waals surface area (Å²) in [7, 11) is 0. The highest BCUT2D eigenvalue weighted by Crippen LogP contribution is 2.17. The van der Waals surface area contributed by atoms with Crippen molar-refractivity contribution in [2.24, 2.45) is 10.7 Å². The summed E-state index contributed by atoms with van der Waals surface area (Å²) in [4.78, 5) is 28.7. The van der Waals surface area contributed by atoms with Gasteiger partial charge in [-0.05, 0) is 19.9 Å². The number of aliphatic imine (C=N–C) groups is 1. The number of nitrogens with zero attached hydrogens (tertiary/aromatic N) is 5. The molecule has 0 fully saturated rings. The Labute approximate surface area is 166 Å². The molecule has 0 aliphatic rings. The number of fused-ring (bicyclic) bond motifs is 1. The van der Waals surface area contributed by atoms with Gasteiger partial charge in [-0.15, -0.1) is 11.3 Å². The Morgan fingerprint density at radius 1 is 1.46 bits per heavy atom. The topological polar surface area (TPSA) is 120 Å². The van der Waals surface area contributed by atoms with Crippen molar-refractivity contribution >= 4 is 40.5 Å². The lowest BCUT2D eigenvalue weighted by molar-refractivity contribution is -0.141. The number of ether oxygens (including phenoxy) is 1. The Kier molecular flexibility index (Phi) is 6.33. The van der Waals surface area contributed by atoms with Crippen molar-refractivity contribution in [1.29, 1.82) is 0 Å². The molecule has 3 rings (SSSR count). The summed E-state index contributed by atoms with van der Waals surface area (Å²) >= 11 is 1.62. The van der Waals surface area contributed by atoms with Gasteiger partial charge in [0.1, 0.15) is 12.2 Å². The number of esters is 1. The molecular formula is C18H21N7O2S. The zero-order valence-corrected chi connectivity index (χ0v) is 16.4. The molecule has 146 valence electrons. The molecule has 0 aliphatic carbocycles. The predicted octanol–water partition coefficient (Wildman–Crippen LogP) is 2.09. The number of anilines is 1. The Morgan fingerprint density at radius 3 is 3.04 bits per heavy atom. The van der Waals surface area contributed by atoms with Crippen molar-refractivity contribution in [2.75, 3.05) is 18.5 Å². The Hall–Kier alpha value is -3.27. The third kappa shape index (κ3) is 4.92. The fourth-order valence-electron chi connectivity index (χ4n) is 2.49. The van der Waals surface area contributed by atoms with E-state index in [4.69, 9.17) is 10.5 Å².